The van der Waals surface area contributed by atoms with Crippen LogP contribution >= 0.6 is 0 Å². The minimum absolute atomic E-state index is 0.0643. The minimum Gasteiger partial charge on any atom is -0.338 e. The van der Waals surface area contributed by atoms with Gasteiger partial charge < -0.3 is 4.52 Å². The number of carbonyl (C=O) groups is 1. The average molecular weight is 285 g/mol. The number of anilines is 1. The van der Waals surface area contributed by atoms with Gasteiger partial charge in [0, 0.05) is 19.2 Å². The lowest BCUT2D eigenvalue weighted by Crippen LogP contribution is -2.44. The predicted octanol–water partition coefficient (Wildman–Crippen LogP) is 2.37. The fraction of sp³-hybridized carbons (Fsp3) is 0.375. The number of nitrogens with one attached hydrogen (secondary N) is 1. The van der Waals surface area contributed by atoms with Crippen molar-refractivity contribution in [1.29, 1.82) is 0 Å². The fourth-order valence-electron chi connectivity index (χ4n) is 2.66. The van der Waals surface area contributed by atoms with Gasteiger partial charge in [-0.3, -0.25) is 15.0 Å². The Hall–Kier alpha value is -2.14. The van der Waals surface area contributed by atoms with Crippen molar-refractivity contribution in [1.82, 2.24) is 10.1 Å². The topological polar surface area (TPSA) is 58.4 Å². The molecule has 2 heterocycles. The molecule has 0 spiro atoms. The normalized spacial score (nSPS) is 16.3. The van der Waals surface area contributed by atoms with Crippen LogP contribution in [0.15, 0.2) is 34.9 Å². The van der Waals surface area contributed by atoms with Crippen LogP contribution in [0.2, 0.25) is 0 Å². The molecular weight excluding hydrogens is 266 g/mol. The van der Waals surface area contributed by atoms with Crippen molar-refractivity contribution >= 4 is 11.8 Å². The van der Waals surface area contributed by atoms with Gasteiger partial charge in [0.05, 0.1) is 11.7 Å². The Bertz CT molecular complexity index is 650. The van der Waals surface area contributed by atoms with Crippen molar-refractivity contribution in [3.05, 3.63) is 47.2 Å². The van der Waals surface area contributed by atoms with Gasteiger partial charge in [0.2, 0.25) is 11.8 Å². The number of hydrogen-bond donors (Lipinski definition) is 1. The monoisotopic (exact) mass is 285 g/mol. The second-order valence-corrected chi connectivity index (χ2v) is 5.49. The Labute approximate surface area is 123 Å². The summed E-state index contributed by atoms with van der Waals surface area (Å²) in [5, 5.41) is 6.54. The lowest BCUT2D eigenvalue weighted by atomic mass is 9.99. The summed E-state index contributed by atoms with van der Waals surface area (Å²) in [6, 6.07) is 9.92. The number of rotatable bonds is 3. The Kier molecular flexibility index (Phi) is 3.75. The molecule has 0 aliphatic carbocycles. The van der Waals surface area contributed by atoms with Crippen LogP contribution in [0.4, 0.5) is 5.88 Å². The third kappa shape index (κ3) is 2.97. The lowest BCUT2D eigenvalue weighted by Gasteiger charge is -2.32. The number of fused-ring (bicyclic) bond motifs is 1. The molecule has 1 aliphatic rings. The van der Waals surface area contributed by atoms with Gasteiger partial charge in [0.25, 0.3) is 0 Å². The zero-order valence-corrected chi connectivity index (χ0v) is 12.3. The van der Waals surface area contributed by atoms with E-state index in [1.165, 1.54) is 11.1 Å². The molecule has 0 unspecified atom stereocenters. The maximum atomic E-state index is 12.3. The molecule has 1 aromatic heterocycles. The van der Waals surface area contributed by atoms with E-state index in [0.717, 1.165) is 25.2 Å². The second kappa shape index (κ2) is 5.69. The Balaban J connectivity index is 1.66. The van der Waals surface area contributed by atoms with Crippen LogP contribution in [0.5, 0.6) is 0 Å². The molecule has 0 saturated heterocycles. The molecule has 0 saturated carbocycles. The van der Waals surface area contributed by atoms with Gasteiger partial charge >= 0.3 is 0 Å². The van der Waals surface area contributed by atoms with Crippen LogP contribution in [0.1, 0.15) is 23.7 Å². The Morgan fingerprint density at radius 2 is 2.14 bits per heavy atom. The van der Waals surface area contributed by atoms with Crippen LogP contribution in [0.3, 0.4) is 0 Å². The van der Waals surface area contributed by atoms with Crippen LogP contribution < -0.4 is 5.32 Å². The standard InChI is InChI=1S/C16H19N3O2/c1-11-9-15(21-18-11)17-16(20)12(2)19-8-7-13-5-3-4-6-14(13)10-19/h3-6,9,12H,7-8,10H2,1-2H3,(H,17,20)/t12-/m1/s1. The van der Waals surface area contributed by atoms with Crippen LogP contribution in [-0.4, -0.2) is 28.6 Å². The third-order valence-electron chi connectivity index (χ3n) is 3.96. The molecule has 3 rings (SSSR count). The van der Waals surface area contributed by atoms with Gasteiger partial charge in [-0.1, -0.05) is 29.4 Å². The first-order valence-corrected chi connectivity index (χ1v) is 7.18. The molecule has 5 heteroatoms. The number of benzene rings is 1. The zero-order chi connectivity index (χ0) is 14.8. The molecule has 21 heavy (non-hydrogen) atoms. The van der Waals surface area contributed by atoms with Gasteiger partial charge in [0.1, 0.15) is 0 Å². The van der Waals surface area contributed by atoms with Gasteiger partial charge in [-0.25, -0.2) is 0 Å². The molecule has 1 amide bonds. The number of carbonyl (C=O) groups excluding carboxylic acids is 1. The second-order valence-electron chi connectivity index (χ2n) is 5.49. The highest BCUT2D eigenvalue weighted by Crippen LogP contribution is 2.21. The van der Waals surface area contributed by atoms with E-state index in [0.29, 0.717) is 5.88 Å². The molecule has 1 aromatic carbocycles. The van der Waals surface area contributed by atoms with Crippen molar-refractivity contribution < 1.29 is 9.32 Å². The summed E-state index contributed by atoms with van der Waals surface area (Å²) in [5.41, 5.74) is 3.44. The summed E-state index contributed by atoms with van der Waals surface area (Å²) < 4.78 is 5.03. The highest BCUT2D eigenvalue weighted by molar-refractivity contribution is 5.93. The van der Waals surface area contributed by atoms with E-state index in [1.807, 2.05) is 19.9 Å². The SMILES string of the molecule is Cc1cc(NC(=O)[C@@H](C)N2CCc3ccccc3C2)on1. The highest BCUT2D eigenvalue weighted by Gasteiger charge is 2.25. The van der Waals surface area contributed by atoms with E-state index in [-0.39, 0.29) is 11.9 Å². The molecule has 1 atom stereocenters. The maximum Gasteiger partial charge on any atom is 0.243 e. The molecule has 0 radical (unpaired) electrons. The molecular formula is C16H19N3O2. The van der Waals surface area contributed by atoms with Crippen molar-refractivity contribution in [2.45, 2.75) is 32.9 Å². The average Bonchev–Trinajstić information content (AvgIpc) is 2.91. The molecule has 1 aliphatic heterocycles. The highest BCUT2D eigenvalue weighted by atomic mass is 16.5. The maximum absolute atomic E-state index is 12.3. The van der Waals surface area contributed by atoms with Crippen molar-refractivity contribution in [2.24, 2.45) is 0 Å². The van der Waals surface area contributed by atoms with E-state index < -0.39 is 0 Å². The first-order chi connectivity index (χ1) is 10.1. The molecule has 2 aromatic rings. The van der Waals surface area contributed by atoms with Gasteiger partial charge in [-0.2, -0.15) is 0 Å². The first-order valence-electron chi connectivity index (χ1n) is 7.18. The Morgan fingerprint density at radius 1 is 1.38 bits per heavy atom. The van der Waals surface area contributed by atoms with Crippen LogP contribution in [0, 0.1) is 6.92 Å². The van der Waals surface area contributed by atoms with Gasteiger partial charge in [-0.15, -0.1) is 0 Å². The van der Waals surface area contributed by atoms with Gasteiger partial charge in [0.15, 0.2) is 0 Å². The molecule has 0 bridgehead atoms. The van der Waals surface area contributed by atoms with E-state index in [2.05, 4.69) is 33.6 Å². The van der Waals surface area contributed by atoms with E-state index in [4.69, 9.17) is 4.52 Å². The van der Waals surface area contributed by atoms with Crippen LogP contribution in [-0.2, 0) is 17.8 Å². The summed E-state index contributed by atoms with van der Waals surface area (Å²) in [4.78, 5) is 14.5. The molecule has 1 N–H and O–H groups in total. The smallest absolute Gasteiger partial charge is 0.243 e. The van der Waals surface area contributed by atoms with Crippen molar-refractivity contribution in [3.63, 3.8) is 0 Å². The number of amides is 1. The summed E-state index contributed by atoms with van der Waals surface area (Å²) >= 11 is 0. The van der Waals surface area contributed by atoms with E-state index >= 15 is 0 Å². The fourth-order valence-corrected chi connectivity index (χ4v) is 2.66. The van der Waals surface area contributed by atoms with Gasteiger partial charge in [-0.05, 0) is 31.4 Å². The summed E-state index contributed by atoms with van der Waals surface area (Å²) in [7, 11) is 0. The first kappa shape index (κ1) is 13.8. The van der Waals surface area contributed by atoms with E-state index in [1.54, 1.807) is 6.07 Å². The summed E-state index contributed by atoms with van der Waals surface area (Å²) in [6.45, 7) is 5.44. The summed E-state index contributed by atoms with van der Waals surface area (Å²) in [6.07, 6.45) is 0.981. The van der Waals surface area contributed by atoms with Crippen molar-refractivity contribution in [3.8, 4) is 0 Å². The Morgan fingerprint density at radius 3 is 2.86 bits per heavy atom. The third-order valence-corrected chi connectivity index (χ3v) is 3.96. The number of aromatic nitrogens is 1. The number of hydrogen-bond acceptors (Lipinski definition) is 4. The van der Waals surface area contributed by atoms with Crippen LogP contribution in [0.25, 0.3) is 0 Å². The molecule has 110 valence electrons. The summed E-state index contributed by atoms with van der Waals surface area (Å²) in [5.74, 6) is 0.340. The quantitative estimate of drug-likeness (QED) is 0.940. The predicted molar refractivity (Wildman–Crippen MR) is 79.9 cm³/mol. The lowest BCUT2D eigenvalue weighted by molar-refractivity contribution is -0.121. The number of aryl methyl sites for hydroxylation is 1. The zero-order valence-electron chi connectivity index (χ0n) is 12.3. The van der Waals surface area contributed by atoms with E-state index in [9.17, 15) is 4.79 Å². The minimum atomic E-state index is -0.205. The molecule has 0 fully saturated rings. The molecule has 5 nitrogen and oxygen atoms in total. The number of nitrogens with zero attached hydrogens (tertiary/aromatic N) is 2. The largest absolute Gasteiger partial charge is 0.338 e. The van der Waals surface area contributed by atoms with Crippen molar-refractivity contribution in [2.75, 3.05) is 11.9 Å².